The van der Waals surface area contributed by atoms with E-state index in [9.17, 15) is 0 Å². The lowest BCUT2D eigenvalue weighted by Crippen LogP contribution is -2.27. The van der Waals surface area contributed by atoms with Crippen molar-refractivity contribution in [3.8, 4) is 16.5 Å². The van der Waals surface area contributed by atoms with Crippen LogP contribution in [0.3, 0.4) is 0 Å². The lowest BCUT2D eigenvalue weighted by molar-refractivity contribution is 0.197. The normalized spacial score (nSPS) is 14.0. The highest BCUT2D eigenvalue weighted by Crippen LogP contribution is 2.39. The van der Waals surface area contributed by atoms with Gasteiger partial charge in [-0.3, -0.25) is 9.47 Å². The van der Waals surface area contributed by atoms with Crippen molar-refractivity contribution < 1.29 is 4.74 Å². The molecule has 8 heteroatoms. The Kier molecular flexibility index (Phi) is 5.63. The maximum absolute atomic E-state index is 5.89. The van der Waals surface area contributed by atoms with E-state index in [0.717, 1.165) is 22.9 Å². The zero-order valence-electron chi connectivity index (χ0n) is 15.0. The Morgan fingerprint density at radius 3 is 2.74 bits per heavy atom. The summed E-state index contributed by atoms with van der Waals surface area (Å²) in [4.78, 5) is 3.33. The number of benzene rings is 1. The number of ether oxygens (including phenoxy) is 1. The SMILES string of the molecule is CN(CCOc1ccc(Cl)cc1)Cn1nc(-c2cccs2)n(C2CC2)c1=S. The Morgan fingerprint density at radius 1 is 1.30 bits per heavy atom. The van der Waals surface area contributed by atoms with Gasteiger partial charge in [0, 0.05) is 17.6 Å². The Hall–Kier alpha value is -1.67. The lowest BCUT2D eigenvalue weighted by Gasteiger charge is -2.16. The van der Waals surface area contributed by atoms with Crippen LogP contribution in [-0.4, -0.2) is 39.4 Å². The molecule has 0 aliphatic heterocycles. The number of aromatic nitrogens is 3. The summed E-state index contributed by atoms with van der Waals surface area (Å²) in [5.74, 6) is 1.81. The van der Waals surface area contributed by atoms with Crippen molar-refractivity contribution in [2.75, 3.05) is 20.2 Å². The lowest BCUT2D eigenvalue weighted by atomic mass is 10.3. The summed E-state index contributed by atoms with van der Waals surface area (Å²) in [5.41, 5.74) is 0. The van der Waals surface area contributed by atoms with Gasteiger partial charge in [-0.1, -0.05) is 17.7 Å². The summed E-state index contributed by atoms with van der Waals surface area (Å²) >= 11 is 13.3. The quantitative estimate of drug-likeness (QED) is 0.475. The van der Waals surface area contributed by atoms with Crippen LogP contribution < -0.4 is 4.74 Å². The van der Waals surface area contributed by atoms with Gasteiger partial charge in [-0.05, 0) is 67.8 Å². The van der Waals surface area contributed by atoms with Crippen LogP contribution in [0, 0.1) is 4.77 Å². The van der Waals surface area contributed by atoms with Gasteiger partial charge in [-0.2, -0.15) is 0 Å². The topological polar surface area (TPSA) is 35.2 Å². The van der Waals surface area contributed by atoms with E-state index in [-0.39, 0.29) is 0 Å². The summed E-state index contributed by atoms with van der Waals surface area (Å²) in [7, 11) is 2.05. The number of halogens is 1. The molecule has 1 aliphatic rings. The standard InChI is InChI=1S/C19H21ClN4OS2/c1-22(10-11-25-16-8-4-14(20)5-9-16)13-23-19(26)24(15-6-7-15)18(21-23)17-3-2-12-27-17/h2-5,8-9,12,15H,6-7,10-11,13H2,1H3. The average Bonchev–Trinajstić information content (AvgIpc) is 3.23. The zero-order chi connectivity index (χ0) is 18.8. The number of likely N-dealkylation sites (N-methyl/N-ethyl adjacent to an activating group) is 1. The van der Waals surface area contributed by atoms with Gasteiger partial charge in [0.1, 0.15) is 12.4 Å². The Labute approximate surface area is 172 Å². The second kappa shape index (κ2) is 8.14. The van der Waals surface area contributed by atoms with Gasteiger partial charge < -0.3 is 4.74 Å². The third kappa shape index (κ3) is 4.43. The van der Waals surface area contributed by atoms with Crippen molar-refractivity contribution >= 4 is 35.2 Å². The largest absolute Gasteiger partial charge is 0.492 e. The molecule has 5 nitrogen and oxygen atoms in total. The summed E-state index contributed by atoms with van der Waals surface area (Å²) < 4.78 is 10.7. The van der Waals surface area contributed by atoms with E-state index in [2.05, 4.69) is 27.0 Å². The predicted octanol–water partition coefficient (Wildman–Crippen LogP) is 5.10. The molecule has 4 rings (SSSR count). The van der Waals surface area contributed by atoms with Crippen LogP contribution in [0.5, 0.6) is 5.75 Å². The zero-order valence-corrected chi connectivity index (χ0v) is 17.4. The smallest absolute Gasteiger partial charge is 0.199 e. The van der Waals surface area contributed by atoms with Gasteiger partial charge in [0.25, 0.3) is 0 Å². The van der Waals surface area contributed by atoms with E-state index < -0.39 is 0 Å². The number of thiophene rings is 1. The molecule has 0 radical (unpaired) electrons. The molecule has 142 valence electrons. The van der Waals surface area contributed by atoms with Gasteiger partial charge >= 0.3 is 0 Å². The van der Waals surface area contributed by atoms with E-state index in [1.807, 2.05) is 36.0 Å². The first kappa shape index (κ1) is 18.7. The molecular weight excluding hydrogens is 400 g/mol. The highest BCUT2D eigenvalue weighted by molar-refractivity contribution is 7.71. The molecule has 3 aromatic rings. The van der Waals surface area contributed by atoms with Gasteiger partial charge in [-0.15, -0.1) is 16.4 Å². The van der Waals surface area contributed by atoms with Crippen molar-refractivity contribution in [1.29, 1.82) is 0 Å². The molecule has 1 saturated carbocycles. The molecule has 1 aliphatic carbocycles. The van der Waals surface area contributed by atoms with E-state index >= 15 is 0 Å². The Morgan fingerprint density at radius 2 is 2.07 bits per heavy atom. The predicted molar refractivity (Wildman–Crippen MR) is 112 cm³/mol. The minimum atomic E-state index is 0.502. The highest BCUT2D eigenvalue weighted by Gasteiger charge is 2.29. The fourth-order valence-electron chi connectivity index (χ4n) is 2.90. The second-order valence-electron chi connectivity index (χ2n) is 6.71. The number of rotatable bonds is 8. The monoisotopic (exact) mass is 420 g/mol. The highest BCUT2D eigenvalue weighted by atomic mass is 35.5. The number of nitrogens with zero attached hydrogens (tertiary/aromatic N) is 4. The minimum absolute atomic E-state index is 0.502. The molecular formula is C19H21ClN4OS2. The summed E-state index contributed by atoms with van der Waals surface area (Å²) in [6, 6.07) is 12.1. The van der Waals surface area contributed by atoms with Crippen LogP contribution >= 0.6 is 35.2 Å². The van der Waals surface area contributed by atoms with Crippen molar-refractivity contribution in [1.82, 2.24) is 19.2 Å². The Bertz CT molecular complexity index is 945. The van der Waals surface area contributed by atoms with Gasteiger partial charge in [0.05, 0.1) is 11.5 Å². The molecule has 0 spiro atoms. The van der Waals surface area contributed by atoms with Crippen LogP contribution in [0.25, 0.3) is 10.7 Å². The molecule has 0 N–H and O–H groups in total. The molecule has 0 unspecified atom stereocenters. The fraction of sp³-hybridized carbons (Fsp3) is 0.368. The van der Waals surface area contributed by atoms with E-state index in [1.165, 1.54) is 17.7 Å². The first-order chi connectivity index (χ1) is 13.1. The maximum atomic E-state index is 5.89. The average molecular weight is 421 g/mol. The van der Waals surface area contributed by atoms with Crippen molar-refractivity contribution in [2.45, 2.75) is 25.6 Å². The van der Waals surface area contributed by atoms with Gasteiger partial charge in [0.2, 0.25) is 0 Å². The van der Waals surface area contributed by atoms with E-state index in [0.29, 0.717) is 24.3 Å². The third-order valence-corrected chi connectivity index (χ3v) is 5.98. The van der Waals surface area contributed by atoms with Gasteiger partial charge in [0.15, 0.2) is 10.6 Å². The van der Waals surface area contributed by atoms with Crippen LogP contribution in [0.15, 0.2) is 41.8 Å². The van der Waals surface area contributed by atoms with Crippen molar-refractivity contribution in [3.05, 3.63) is 51.6 Å². The summed E-state index contributed by atoms with van der Waals surface area (Å²) in [6.45, 7) is 2.00. The van der Waals surface area contributed by atoms with Crippen LogP contribution in [0.1, 0.15) is 18.9 Å². The molecule has 2 aromatic heterocycles. The van der Waals surface area contributed by atoms with Crippen molar-refractivity contribution in [2.24, 2.45) is 0 Å². The first-order valence-electron chi connectivity index (χ1n) is 8.92. The molecule has 1 aromatic carbocycles. The van der Waals surface area contributed by atoms with Crippen LogP contribution in [0.2, 0.25) is 5.02 Å². The Balaban J connectivity index is 1.40. The number of hydrogen-bond acceptors (Lipinski definition) is 5. The van der Waals surface area contributed by atoms with Crippen LogP contribution in [0.4, 0.5) is 0 Å². The molecule has 1 fully saturated rings. The van der Waals surface area contributed by atoms with E-state index in [4.69, 9.17) is 33.7 Å². The maximum Gasteiger partial charge on any atom is 0.199 e. The summed E-state index contributed by atoms with van der Waals surface area (Å²) in [5, 5.41) is 7.61. The minimum Gasteiger partial charge on any atom is -0.492 e. The second-order valence-corrected chi connectivity index (χ2v) is 8.46. The first-order valence-corrected chi connectivity index (χ1v) is 10.6. The molecule has 2 heterocycles. The summed E-state index contributed by atoms with van der Waals surface area (Å²) in [6.07, 6.45) is 2.37. The van der Waals surface area contributed by atoms with Gasteiger partial charge in [-0.25, -0.2) is 4.68 Å². The van der Waals surface area contributed by atoms with Crippen molar-refractivity contribution in [3.63, 3.8) is 0 Å². The molecule has 0 atom stereocenters. The molecule has 0 bridgehead atoms. The fourth-order valence-corrected chi connectivity index (χ4v) is 4.06. The van der Waals surface area contributed by atoms with Crippen LogP contribution in [-0.2, 0) is 6.67 Å². The third-order valence-electron chi connectivity index (χ3n) is 4.45. The molecule has 0 amide bonds. The number of hydrogen-bond donors (Lipinski definition) is 0. The molecule has 0 saturated heterocycles. The molecule has 27 heavy (non-hydrogen) atoms. The van der Waals surface area contributed by atoms with E-state index in [1.54, 1.807) is 11.3 Å².